The van der Waals surface area contributed by atoms with Gasteiger partial charge < -0.3 is 62.6 Å². The van der Waals surface area contributed by atoms with Crippen LogP contribution in [-0.4, -0.2) is 137 Å². The third-order valence-corrected chi connectivity index (χ3v) is 22.2. The van der Waals surface area contributed by atoms with E-state index in [2.05, 4.69) is 39.9 Å². The maximum atomic E-state index is 12.8. The number of carbonyl (C=O) groups excluding carboxylic acids is 3. The number of nitrogens with two attached hydrogens (primary N) is 4. The Morgan fingerprint density at radius 2 is 0.831 bits per heavy atom. The topological polar surface area (TPSA) is 568 Å². The third kappa shape index (κ3) is 31.0. The van der Waals surface area contributed by atoms with E-state index < -0.39 is 106 Å². The van der Waals surface area contributed by atoms with Gasteiger partial charge in [-0.2, -0.15) is 0 Å². The number of amides is 3. The van der Waals surface area contributed by atoms with Crippen LogP contribution in [0.1, 0.15) is 110 Å². The molecular formula is C90H74Cl6F3N15O20S2. The molecule has 704 valence electrons. The molecule has 0 atom stereocenters. The summed E-state index contributed by atoms with van der Waals surface area (Å²) in [6.07, 6.45) is 24.1. The Labute approximate surface area is 805 Å². The van der Waals surface area contributed by atoms with Gasteiger partial charge in [0.2, 0.25) is 0 Å². The zero-order valence-corrected chi connectivity index (χ0v) is 76.3. The summed E-state index contributed by atoms with van der Waals surface area (Å²) in [4.78, 5) is 138. The van der Waals surface area contributed by atoms with Crippen molar-refractivity contribution in [3.63, 3.8) is 0 Å². The van der Waals surface area contributed by atoms with E-state index in [1.807, 2.05) is 77.5 Å². The molecule has 46 heteroatoms. The molecule has 9 heterocycles. The summed E-state index contributed by atoms with van der Waals surface area (Å²) in [5.41, 5.74) is 23.1. The minimum Gasteiger partial charge on any atom is -0.492 e. The predicted octanol–water partition coefficient (Wildman–Crippen LogP) is 19.2. The average Bonchev–Trinajstić information content (AvgIpc) is 1.17. The number of carboxylic acids is 3. The highest BCUT2D eigenvalue weighted by Crippen LogP contribution is 2.38. The number of halogens is 9. The maximum Gasteiger partial charge on any atom is 0.354 e. The van der Waals surface area contributed by atoms with Crippen LogP contribution in [0.5, 0.6) is 17.2 Å². The standard InChI is InChI=1S/C23H17ClN4O2S.C15H14ClN3O4.C15H16ClN3O2.C8H5NO2S.C8H11NO.C7H4ClFN2O3.C7H3ClFNO4.C7H4ClFO2/c24-21-18(30-10-1-2-14-5-8-25-9-6-14)4-3-16-20(21)23(29)28-22(27-16)17-12-15-7-11-31-19(15)13-26-17;16-14-12(4-3-11(19(21)22)13(14)15(17)20)23-9-1-2-10-5-7-18-8-6-10;16-14-12(4-3-11(17)13(14)15(18)20)21-9-1-2-10-5-7-19-8-6-10;10-8(11)6-3-5-1-2-12-7(5)4-9-6;10-7-1-2-8-3-5-9-6-4-8;8-6-3(9)1-2-4(11(13)14)5(6)7(10)12;8-6-3(9)1-2-4(10(13)14)5(6)7(11)12;8-6-4(7(10)11)2-1-3-5(6)9/h3-9,11-13H,1-2,10H2,(H,27,28,29);3-8H,1-2,9H2,(H2,17,20);3-8H,1-2,9,17H2,(H2,18,20);1-4H,(H,10,11);3-6,10H,1-2,7H2;1-2H,(H2,10,12);1-2H,(H,11,12);1-3H,(H,10,11). The van der Waals surface area contributed by atoms with Gasteiger partial charge in [-0.15, -0.1) is 22.7 Å². The van der Waals surface area contributed by atoms with Gasteiger partial charge in [-0.05, 0) is 223 Å². The van der Waals surface area contributed by atoms with E-state index >= 15 is 0 Å². The monoisotopic (exact) mass is 2020 g/mol. The number of hydrogen-bond donors (Lipinski definition) is 9. The zero-order chi connectivity index (χ0) is 99.2. The molecule has 0 aliphatic carbocycles. The van der Waals surface area contributed by atoms with Gasteiger partial charge in [-0.1, -0.05) is 75.7 Å². The van der Waals surface area contributed by atoms with Crippen LogP contribution in [-0.2, 0) is 25.7 Å². The zero-order valence-electron chi connectivity index (χ0n) is 70.2. The first-order valence-electron chi connectivity index (χ1n) is 39.3. The second-order valence-electron chi connectivity index (χ2n) is 27.4. The van der Waals surface area contributed by atoms with Crippen LogP contribution >= 0.6 is 92.3 Å². The summed E-state index contributed by atoms with van der Waals surface area (Å²) in [5, 5.41) is 70.6. The van der Waals surface area contributed by atoms with Crippen molar-refractivity contribution in [3.8, 4) is 28.8 Å². The first kappa shape index (κ1) is 106. The van der Waals surface area contributed by atoms with Crippen molar-refractivity contribution >= 4 is 182 Å². The molecule has 0 saturated carbocycles. The lowest BCUT2D eigenvalue weighted by atomic mass is 10.1. The summed E-state index contributed by atoms with van der Waals surface area (Å²) in [6.45, 7) is 1.58. The Morgan fingerprint density at radius 1 is 0.441 bits per heavy atom. The van der Waals surface area contributed by atoms with Gasteiger partial charge in [0.05, 0.1) is 91.1 Å². The molecule has 9 aromatic heterocycles. The van der Waals surface area contributed by atoms with Gasteiger partial charge in [0, 0.05) is 92.5 Å². The van der Waals surface area contributed by atoms with Crippen molar-refractivity contribution in [1.82, 2.24) is 39.9 Å². The first-order valence-corrected chi connectivity index (χ1v) is 43.3. The summed E-state index contributed by atoms with van der Waals surface area (Å²) in [7, 11) is 0. The van der Waals surface area contributed by atoms with Crippen molar-refractivity contribution in [1.29, 1.82) is 0 Å². The molecule has 0 fully saturated rings. The number of aromatic carboxylic acids is 3. The van der Waals surface area contributed by atoms with Gasteiger partial charge in [0.15, 0.2) is 11.4 Å². The smallest absolute Gasteiger partial charge is 0.354 e. The van der Waals surface area contributed by atoms with E-state index in [-0.39, 0.29) is 66.1 Å². The summed E-state index contributed by atoms with van der Waals surface area (Å²) in [6, 6.07) is 39.0. The van der Waals surface area contributed by atoms with E-state index in [4.69, 9.17) is 127 Å². The molecule has 13 N–H and O–H groups in total. The molecule has 15 aromatic rings. The lowest BCUT2D eigenvalue weighted by Crippen LogP contribution is -2.15. The number of carbonyl (C=O) groups is 6. The number of aliphatic hydroxyl groups is 1. The Balaban J connectivity index is 0.000000197. The highest BCUT2D eigenvalue weighted by molar-refractivity contribution is 7.17. The maximum absolute atomic E-state index is 12.8. The van der Waals surface area contributed by atoms with Crippen molar-refractivity contribution in [2.24, 2.45) is 17.2 Å². The Bertz CT molecular complexity index is 6760. The number of nitro benzene ring substituents is 3. The number of nitro groups is 3. The molecule has 0 radical (unpaired) electrons. The number of nitrogens with one attached hydrogen (secondary N) is 1. The van der Waals surface area contributed by atoms with E-state index in [0.29, 0.717) is 60.2 Å². The van der Waals surface area contributed by atoms with Crippen LogP contribution in [0.3, 0.4) is 0 Å². The van der Waals surface area contributed by atoms with E-state index in [1.54, 1.807) is 115 Å². The molecule has 6 aromatic carbocycles. The minimum absolute atomic E-state index is 0.0981. The summed E-state index contributed by atoms with van der Waals surface area (Å²) >= 11 is 37.7. The third-order valence-electron chi connectivity index (χ3n) is 18.2. The number of ether oxygens (including phenoxy) is 3. The number of hydrogen-bond acceptors (Lipinski definition) is 27. The number of nitrogen functional groups attached to an aromatic ring is 1. The number of nitrogens with zero attached hydrogens (tertiary/aromatic N) is 10. The number of aromatic nitrogens is 8. The number of thiophene rings is 2. The van der Waals surface area contributed by atoms with Crippen molar-refractivity contribution < 1.29 is 91.3 Å². The summed E-state index contributed by atoms with van der Waals surface area (Å²) in [5.74, 6) is -7.78. The number of aromatic amines is 1. The molecule has 0 unspecified atom stereocenters. The number of pyridine rings is 6. The number of H-pyrrole nitrogens is 1. The quantitative estimate of drug-likeness (QED) is 0.00951. The van der Waals surface area contributed by atoms with Gasteiger partial charge in [0.25, 0.3) is 40.3 Å². The van der Waals surface area contributed by atoms with Crippen molar-refractivity contribution in [3.05, 3.63) is 368 Å². The number of benzene rings is 6. The van der Waals surface area contributed by atoms with Crippen LogP contribution in [0, 0.1) is 47.8 Å². The fraction of sp³-hybridized carbons (Fsp3) is 0.133. The molecule has 35 nitrogen and oxygen atoms in total. The number of primary amides is 3. The Kier molecular flexibility index (Phi) is 41.5. The second-order valence-corrected chi connectivity index (χ2v) is 31.5. The molecular weight excluding hydrogens is 1940 g/mol. The van der Waals surface area contributed by atoms with Crippen LogP contribution < -0.4 is 42.7 Å². The number of rotatable bonds is 28. The van der Waals surface area contributed by atoms with E-state index in [1.165, 1.54) is 34.9 Å². The molecule has 0 saturated heterocycles. The molecule has 15 rings (SSSR count). The number of carboxylic acid groups (broad SMARTS) is 3. The van der Waals surface area contributed by atoms with Gasteiger partial charge in [-0.25, -0.2) is 37.5 Å². The fourth-order valence-corrected chi connectivity index (χ4v) is 14.8. The normalized spacial score (nSPS) is 10.3. The predicted molar refractivity (Wildman–Crippen MR) is 507 cm³/mol. The van der Waals surface area contributed by atoms with Gasteiger partial charge in [0.1, 0.15) is 62.2 Å². The Hall–Kier alpha value is -15.0. The molecule has 0 aliphatic rings. The number of aryl methyl sites for hydroxylation is 4. The lowest BCUT2D eigenvalue weighted by Gasteiger charge is -2.11. The van der Waals surface area contributed by atoms with Gasteiger partial charge in [-0.3, -0.25) is 74.4 Å². The van der Waals surface area contributed by atoms with E-state index in [9.17, 15) is 77.1 Å². The first-order chi connectivity index (χ1) is 65.0. The van der Waals surface area contributed by atoms with Gasteiger partial charge >= 0.3 is 17.9 Å². The van der Waals surface area contributed by atoms with E-state index in [0.717, 1.165) is 107 Å². The molecule has 0 bridgehead atoms. The van der Waals surface area contributed by atoms with Crippen LogP contribution in [0.4, 0.5) is 35.9 Å². The SMILES string of the molecule is NC(=O)c1c(N)ccc(OCCCc2ccncc2)c1Cl.NC(=O)c1c([N+](=O)[O-])ccc(F)c1Cl.NC(=O)c1c([N+](=O)[O-])ccc(OCCCc2ccncc2)c1Cl.O=C(O)c1c([N+](=O)[O-])ccc(F)c1Cl.O=C(O)c1cc2ccsc2cn1.O=C(O)c1cccc(F)c1Cl.O=c1[nH]c(-c2cc3ccsc3cn2)nc2ccc(OCCCc3ccncc3)c(Cl)c12.OCCCc1ccncc1. The van der Waals surface area contributed by atoms with Crippen molar-refractivity contribution in [2.75, 3.05) is 32.2 Å². The number of aliphatic hydroxyl groups excluding tert-OH is 1. The average molecular weight is 2020 g/mol. The fourth-order valence-electron chi connectivity index (χ4n) is 11.7. The number of anilines is 1. The molecule has 136 heavy (non-hydrogen) atoms. The largest absolute Gasteiger partial charge is 0.492 e. The van der Waals surface area contributed by atoms with Crippen LogP contribution in [0.25, 0.3) is 42.6 Å². The highest BCUT2D eigenvalue weighted by Gasteiger charge is 2.29. The molecule has 0 aliphatic heterocycles. The van der Waals surface area contributed by atoms with Crippen LogP contribution in [0.15, 0.2) is 229 Å². The lowest BCUT2D eigenvalue weighted by molar-refractivity contribution is -0.385. The minimum atomic E-state index is -1.64. The summed E-state index contributed by atoms with van der Waals surface area (Å²) < 4.78 is 57.2. The van der Waals surface area contributed by atoms with Crippen molar-refractivity contribution in [2.45, 2.75) is 51.4 Å². The second kappa shape index (κ2) is 53.0. The Morgan fingerprint density at radius 3 is 1.26 bits per heavy atom. The molecule has 0 spiro atoms. The highest BCUT2D eigenvalue weighted by atomic mass is 35.5. The number of fused-ring (bicyclic) bond motifs is 3. The van der Waals surface area contributed by atoms with Crippen LogP contribution in [0.2, 0.25) is 30.1 Å². The molecule has 3 amide bonds.